The second-order valence-electron chi connectivity index (χ2n) is 10.6. The topological polar surface area (TPSA) is 109 Å². The first-order valence-electron chi connectivity index (χ1n) is 11.8. The maximum Gasteiger partial charge on any atom is 0.408 e. The number of aromatic amines is 1. The van der Waals surface area contributed by atoms with Crippen molar-refractivity contribution in [3.63, 3.8) is 0 Å². The zero-order chi connectivity index (χ0) is 23.9. The number of nitrogens with zero attached hydrogens (tertiary/aromatic N) is 2. The van der Waals surface area contributed by atoms with Crippen molar-refractivity contribution in [1.82, 2.24) is 20.5 Å². The molecule has 2 fully saturated rings. The average Bonchev–Trinajstić information content (AvgIpc) is 3.62. The van der Waals surface area contributed by atoms with Crippen LogP contribution in [0, 0.1) is 38.5 Å². The summed E-state index contributed by atoms with van der Waals surface area (Å²) in [5.41, 5.74) is 4.60. The second kappa shape index (κ2) is 8.80. The van der Waals surface area contributed by atoms with E-state index in [1.807, 2.05) is 47.6 Å². The number of anilines is 1. The highest BCUT2D eigenvalue weighted by Gasteiger charge is 2.48. The number of carbonyl (C=O) groups excluding carboxylic acids is 2. The molecule has 2 saturated carbocycles. The summed E-state index contributed by atoms with van der Waals surface area (Å²) in [4.78, 5) is 30.6. The van der Waals surface area contributed by atoms with Gasteiger partial charge < -0.3 is 15.4 Å². The summed E-state index contributed by atoms with van der Waals surface area (Å²) in [6.07, 6.45) is 5.56. The Morgan fingerprint density at radius 3 is 2.24 bits per heavy atom. The number of alkyl carbamates (subject to hydrolysis) is 1. The predicted octanol–water partition coefficient (Wildman–Crippen LogP) is 4.66. The van der Waals surface area contributed by atoms with Crippen LogP contribution >= 0.6 is 0 Å². The molecule has 2 heterocycles. The first-order chi connectivity index (χ1) is 15.5. The normalized spacial score (nSPS) is 17.1. The van der Waals surface area contributed by atoms with Gasteiger partial charge in [-0.25, -0.2) is 4.79 Å². The molecule has 1 atom stereocenters. The lowest BCUT2D eigenvalue weighted by Gasteiger charge is -2.29. The third kappa shape index (κ3) is 5.54. The minimum atomic E-state index is -0.627. The van der Waals surface area contributed by atoms with Crippen LogP contribution in [0.3, 0.4) is 0 Å². The molecule has 8 heteroatoms. The molecular formula is C25H35N5O3. The summed E-state index contributed by atoms with van der Waals surface area (Å²) in [6.45, 7) is 11.3. The molecule has 0 saturated heterocycles. The van der Waals surface area contributed by atoms with E-state index in [0.717, 1.165) is 53.9 Å². The number of amides is 2. The van der Waals surface area contributed by atoms with Crippen molar-refractivity contribution in [3.8, 4) is 11.3 Å². The van der Waals surface area contributed by atoms with Crippen LogP contribution in [0.4, 0.5) is 10.5 Å². The van der Waals surface area contributed by atoms with E-state index >= 15 is 0 Å². The summed E-state index contributed by atoms with van der Waals surface area (Å²) in [6, 6.07) is 1.29. The summed E-state index contributed by atoms with van der Waals surface area (Å²) >= 11 is 0. The Balaban J connectivity index is 1.54. The van der Waals surface area contributed by atoms with E-state index in [0.29, 0.717) is 17.5 Å². The SMILES string of the molecule is Cc1cc(NC(=O)C(NC(=O)OC(C)(C)C)C(C2CC2)C2CC2)cnc1-c1c(C)n[nH]c1C. The number of ether oxygens (including phenoxy) is 1. The van der Waals surface area contributed by atoms with Crippen molar-refractivity contribution in [1.29, 1.82) is 0 Å². The lowest BCUT2D eigenvalue weighted by atomic mass is 9.88. The fourth-order valence-corrected chi connectivity index (χ4v) is 4.69. The number of carbonyl (C=O) groups is 2. The summed E-state index contributed by atoms with van der Waals surface area (Å²) in [7, 11) is 0. The molecule has 0 radical (unpaired) electrons. The molecule has 2 aromatic rings. The lowest BCUT2D eigenvalue weighted by Crippen LogP contribution is -2.51. The van der Waals surface area contributed by atoms with Gasteiger partial charge in [0.05, 0.1) is 23.3 Å². The number of pyridine rings is 1. The molecule has 0 aliphatic heterocycles. The summed E-state index contributed by atoms with van der Waals surface area (Å²) in [5, 5.41) is 13.1. The highest BCUT2D eigenvalue weighted by Crippen LogP contribution is 2.51. The van der Waals surface area contributed by atoms with Gasteiger partial charge in [-0.2, -0.15) is 5.10 Å². The fourth-order valence-electron chi connectivity index (χ4n) is 4.69. The summed E-state index contributed by atoms with van der Waals surface area (Å²) < 4.78 is 5.47. The first kappa shape index (κ1) is 23.3. The quantitative estimate of drug-likeness (QED) is 0.565. The number of hydrogen-bond donors (Lipinski definition) is 3. The van der Waals surface area contributed by atoms with Gasteiger partial charge in [0.1, 0.15) is 11.6 Å². The van der Waals surface area contributed by atoms with E-state index < -0.39 is 17.7 Å². The predicted molar refractivity (Wildman–Crippen MR) is 127 cm³/mol. The Labute approximate surface area is 195 Å². The second-order valence-corrected chi connectivity index (χ2v) is 10.6. The Morgan fingerprint density at radius 1 is 1.12 bits per heavy atom. The number of H-pyrrole nitrogens is 1. The molecule has 178 valence electrons. The molecular weight excluding hydrogens is 418 g/mol. The highest BCUT2D eigenvalue weighted by molar-refractivity contribution is 5.97. The molecule has 8 nitrogen and oxygen atoms in total. The van der Waals surface area contributed by atoms with Crippen LogP contribution in [0.25, 0.3) is 11.3 Å². The molecule has 33 heavy (non-hydrogen) atoms. The molecule has 2 amide bonds. The first-order valence-corrected chi connectivity index (χ1v) is 11.8. The molecule has 3 N–H and O–H groups in total. The molecule has 2 aliphatic carbocycles. The van der Waals surface area contributed by atoms with Gasteiger partial charge in [0.2, 0.25) is 5.91 Å². The van der Waals surface area contributed by atoms with Crippen molar-refractivity contribution in [3.05, 3.63) is 29.2 Å². The lowest BCUT2D eigenvalue weighted by molar-refractivity contribution is -0.120. The largest absolute Gasteiger partial charge is 0.444 e. The van der Waals surface area contributed by atoms with Gasteiger partial charge >= 0.3 is 6.09 Å². The molecule has 0 bridgehead atoms. The minimum Gasteiger partial charge on any atom is -0.444 e. The monoisotopic (exact) mass is 453 g/mol. The van der Waals surface area contributed by atoms with Gasteiger partial charge in [-0.1, -0.05) is 0 Å². The third-order valence-corrected chi connectivity index (χ3v) is 6.38. The number of aryl methyl sites for hydroxylation is 3. The van der Waals surface area contributed by atoms with E-state index in [4.69, 9.17) is 4.74 Å². The van der Waals surface area contributed by atoms with Crippen LogP contribution < -0.4 is 10.6 Å². The van der Waals surface area contributed by atoms with E-state index in [1.165, 1.54) is 0 Å². The van der Waals surface area contributed by atoms with E-state index in [2.05, 4.69) is 25.8 Å². The van der Waals surface area contributed by atoms with Crippen LogP contribution in [-0.2, 0) is 9.53 Å². The standard InChI is InChI=1S/C25H35N5O3/c1-13-11-18(12-26-21(13)19-14(2)29-30-15(19)3)27-23(31)22(28-24(32)33-25(4,5)6)20(16-7-8-16)17-9-10-17/h11-12,16-17,20,22H,7-10H2,1-6H3,(H,27,31)(H,28,32)(H,29,30). The number of rotatable bonds is 7. The smallest absolute Gasteiger partial charge is 0.408 e. The Bertz CT molecular complexity index is 1020. The van der Waals surface area contributed by atoms with Gasteiger partial charge in [0.15, 0.2) is 0 Å². The maximum absolute atomic E-state index is 13.4. The number of aromatic nitrogens is 3. The molecule has 0 aromatic carbocycles. The van der Waals surface area contributed by atoms with Gasteiger partial charge in [0, 0.05) is 11.3 Å². The maximum atomic E-state index is 13.4. The molecule has 2 aliphatic rings. The van der Waals surface area contributed by atoms with Crippen LogP contribution in [0.5, 0.6) is 0 Å². The van der Waals surface area contributed by atoms with Gasteiger partial charge in [0.25, 0.3) is 0 Å². The fraction of sp³-hybridized carbons (Fsp3) is 0.600. The Kier molecular flexibility index (Phi) is 6.20. The van der Waals surface area contributed by atoms with E-state index in [-0.39, 0.29) is 11.8 Å². The van der Waals surface area contributed by atoms with Crippen molar-refractivity contribution in [2.45, 2.75) is 78.9 Å². The van der Waals surface area contributed by atoms with Gasteiger partial charge in [-0.15, -0.1) is 0 Å². The third-order valence-electron chi connectivity index (χ3n) is 6.38. The van der Waals surface area contributed by atoms with E-state index in [1.54, 1.807) is 6.20 Å². The number of nitrogens with one attached hydrogen (secondary N) is 3. The zero-order valence-corrected chi connectivity index (χ0v) is 20.4. The van der Waals surface area contributed by atoms with E-state index in [9.17, 15) is 9.59 Å². The number of hydrogen-bond acceptors (Lipinski definition) is 5. The van der Waals surface area contributed by atoms with Crippen molar-refractivity contribution in [2.24, 2.45) is 17.8 Å². The minimum absolute atomic E-state index is 0.141. The Hall–Kier alpha value is -2.90. The van der Waals surface area contributed by atoms with Crippen LogP contribution in [0.1, 0.15) is 63.4 Å². The molecule has 1 unspecified atom stereocenters. The molecule has 2 aromatic heterocycles. The Morgan fingerprint density at radius 2 is 1.76 bits per heavy atom. The molecule has 4 rings (SSSR count). The van der Waals surface area contributed by atoms with Crippen molar-refractivity contribution < 1.29 is 14.3 Å². The average molecular weight is 454 g/mol. The molecule has 0 spiro atoms. The highest BCUT2D eigenvalue weighted by atomic mass is 16.6. The summed E-state index contributed by atoms with van der Waals surface area (Å²) in [5.74, 6) is 0.895. The zero-order valence-electron chi connectivity index (χ0n) is 20.4. The van der Waals surface area contributed by atoms with Crippen molar-refractivity contribution >= 4 is 17.7 Å². The van der Waals surface area contributed by atoms with Crippen molar-refractivity contribution in [2.75, 3.05) is 5.32 Å². The van der Waals surface area contributed by atoms with Crippen LogP contribution in [-0.4, -0.2) is 38.8 Å². The van der Waals surface area contributed by atoms with Gasteiger partial charge in [-0.05, 0) is 96.6 Å². The van der Waals surface area contributed by atoms with Gasteiger partial charge in [-0.3, -0.25) is 14.9 Å². The van der Waals surface area contributed by atoms with Crippen LogP contribution in [0.15, 0.2) is 12.3 Å². The van der Waals surface area contributed by atoms with Crippen LogP contribution in [0.2, 0.25) is 0 Å².